The molecule has 0 bridgehead atoms. The number of hydrogen-bond acceptors (Lipinski definition) is 4. The lowest BCUT2D eigenvalue weighted by Gasteiger charge is -2.18. The highest BCUT2D eigenvalue weighted by Gasteiger charge is 2.13. The smallest absolute Gasteiger partial charge is 0.161 e. The zero-order valence-corrected chi connectivity index (χ0v) is 13.5. The van der Waals surface area contributed by atoms with Gasteiger partial charge in [0.2, 0.25) is 0 Å². The number of benzene rings is 1. The Balaban J connectivity index is 1.92. The van der Waals surface area contributed by atoms with Crippen molar-refractivity contribution in [3.8, 4) is 11.5 Å². The van der Waals surface area contributed by atoms with Crippen LogP contribution in [0.2, 0.25) is 0 Å². The minimum absolute atomic E-state index is 0.322. The first-order valence-corrected chi connectivity index (χ1v) is 8.01. The van der Waals surface area contributed by atoms with E-state index < -0.39 is 0 Å². The third-order valence-corrected chi connectivity index (χ3v) is 4.06. The Kier molecular flexibility index (Phi) is 6.33. The van der Waals surface area contributed by atoms with Crippen molar-refractivity contribution in [3.05, 3.63) is 23.8 Å². The molecule has 1 saturated heterocycles. The molecule has 1 unspecified atom stereocenters. The van der Waals surface area contributed by atoms with E-state index in [0.29, 0.717) is 6.04 Å². The van der Waals surface area contributed by atoms with Gasteiger partial charge in [0.05, 0.1) is 7.11 Å². The molecule has 4 heteroatoms. The number of hydrogen-bond donors (Lipinski definition) is 1. The summed E-state index contributed by atoms with van der Waals surface area (Å²) in [5, 5.41) is 3.41. The zero-order valence-electron chi connectivity index (χ0n) is 13.5. The largest absolute Gasteiger partial charge is 0.493 e. The fraction of sp³-hybridized carbons (Fsp3) is 0.647. The Hall–Kier alpha value is -1.26. The maximum absolute atomic E-state index is 5.90. The van der Waals surface area contributed by atoms with Gasteiger partial charge in [0.25, 0.3) is 0 Å². The zero-order chi connectivity index (χ0) is 15.1. The fourth-order valence-electron chi connectivity index (χ4n) is 2.79. The molecule has 1 aromatic rings. The SMILES string of the molecule is CCNC(C)c1ccc(OCCN2CCCC2)c(OC)c1. The highest BCUT2D eigenvalue weighted by molar-refractivity contribution is 5.43. The molecule has 0 radical (unpaired) electrons. The van der Waals surface area contributed by atoms with Gasteiger partial charge in [-0.2, -0.15) is 0 Å². The Morgan fingerprint density at radius 2 is 2.00 bits per heavy atom. The van der Waals surface area contributed by atoms with Crippen molar-refractivity contribution in [2.75, 3.05) is 39.9 Å². The van der Waals surface area contributed by atoms with Gasteiger partial charge in [0.1, 0.15) is 6.61 Å². The fourth-order valence-corrected chi connectivity index (χ4v) is 2.79. The molecule has 118 valence electrons. The molecule has 1 heterocycles. The summed E-state index contributed by atoms with van der Waals surface area (Å²) < 4.78 is 11.4. The average Bonchev–Trinajstić information content (AvgIpc) is 3.01. The van der Waals surface area contributed by atoms with Gasteiger partial charge in [-0.1, -0.05) is 13.0 Å². The lowest BCUT2D eigenvalue weighted by Crippen LogP contribution is -2.25. The summed E-state index contributed by atoms with van der Waals surface area (Å²) >= 11 is 0. The summed E-state index contributed by atoms with van der Waals surface area (Å²) in [7, 11) is 1.70. The number of methoxy groups -OCH3 is 1. The summed E-state index contributed by atoms with van der Waals surface area (Å²) in [5.41, 5.74) is 1.22. The van der Waals surface area contributed by atoms with Crippen LogP contribution in [0.5, 0.6) is 11.5 Å². The molecule has 1 fully saturated rings. The summed E-state index contributed by atoms with van der Waals surface area (Å²) in [6.07, 6.45) is 2.64. The molecule has 1 atom stereocenters. The maximum atomic E-state index is 5.90. The Morgan fingerprint density at radius 1 is 1.24 bits per heavy atom. The van der Waals surface area contributed by atoms with Crippen molar-refractivity contribution in [1.29, 1.82) is 0 Å². The molecular formula is C17H28N2O2. The molecule has 0 spiro atoms. The first-order valence-electron chi connectivity index (χ1n) is 8.01. The highest BCUT2D eigenvalue weighted by Crippen LogP contribution is 2.30. The van der Waals surface area contributed by atoms with Crippen LogP contribution < -0.4 is 14.8 Å². The van der Waals surface area contributed by atoms with E-state index in [4.69, 9.17) is 9.47 Å². The first-order chi connectivity index (χ1) is 10.2. The monoisotopic (exact) mass is 292 g/mol. The van der Waals surface area contributed by atoms with Crippen LogP contribution in [0.4, 0.5) is 0 Å². The third kappa shape index (κ3) is 4.61. The van der Waals surface area contributed by atoms with Crippen molar-refractivity contribution in [3.63, 3.8) is 0 Å². The molecule has 1 aliphatic heterocycles. The minimum Gasteiger partial charge on any atom is -0.493 e. The topological polar surface area (TPSA) is 33.7 Å². The molecule has 0 aromatic heterocycles. The molecule has 4 nitrogen and oxygen atoms in total. The van der Waals surface area contributed by atoms with Gasteiger partial charge < -0.3 is 14.8 Å². The van der Waals surface area contributed by atoms with E-state index in [2.05, 4.69) is 36.2 Å². The van der Waals surface area contributed by atoms with E-state index in [9.17, 15) is 0 Å². The molecule has 0 amide bonds. The van der Waals surface area contributed by atoms with Crippen molar-refractivity contribution in [2.45, 2.75) is 32.7 Å². The lowest BCUT2D eigenvalue weighted by molar-refractivity contribution is 0.230. The second-order valence-corrected chi connectivity index (χ2v) is 5.59. The van der Waals surface area contributed by atoms with Gasteiger partial charge in [0.15, 0.2) is 11.5 Å². The number of ether oxygens (including phenoxy) is 2. The Bertz CT molecular complexity index is 431. The van der Waals surface area contributed by atoms with Gasteiger partial charge in [-0.15, -0.1) is 0 Å². The normalized spacial score (nSPS) is 16.9. The Morgan fingerprint density at radius 3 is 2.67 bits per heavy atom. The van der Waals surface area contributed by atoms with Gasteiger partial charge >= 0.3 is 0 Å². The van der Waals surface area contributed by atoms with Crippen LogP contribution in [0.1, 0.15) is 38.3 Å². The van der Waals surface area contributed by atoms with E-state index in [1.807, 2.05) is 6.07 Å². The lowest BCUT2D eigenvalue weighted by atomic mass is 10.1. The van der Waals surface area contributed by atoms with Crippen LogP contribution >= 0.6 is 0 Å². The van der Waals surface area contributed by atoms with Gasteiger partial charge in [-0.05, 0) is 57.1 Å². The van der Waals surface area contributed by atoms with Gasteiger partial charge in [-0.3, -0.25) is 4.90 Å². The highest BCUT2D eigenvalue weighted by atomic mass is 16.5. The van der Waals surface area contributed by atoms with Crippen molar-refractivity contribution in [1.82, 2.24) is 10.2 Å². The molecule has 21 heavy (non-hydrogen) atoms. The molecule has 1 aromatic carbocycles. The van der Waals surface area contributed by atoms with E-state index in [1.165, 1.54) is 31.5 Å². The van der Waals surface area contributed by atoms with E-state index in [-0.39, 0.29) is 0 Å². The number of likely N-dealkylation sites (tertiary alicyclic amines) is 1. The molecular weight excluding hydrogens is 264 g/mol. The second kappa shape index (κ2) is 8.25. The average molecular weight is 292 g/mol. The van der Waals surface area contributed by atoms with E-state index >= 15 is 0 Å². The van der Waals surface area contributed by atoms with Crippen LogP contribution in [0.15, 0.2) is 18.2 Å². The minimum atomic E-state index is 0.322. The summed E-state index contributed by atoms with van der Waals surface area (Å²) in [6, 6.07) is 6.52. The van der Waals surface area contributed by atoms with Crippen LogP contribution in [0, 0.1) is 0 Å². The van der Waals surface area contributed by atoms with Crippen LogP contribution in [0.25, 0.3) is 0 Å². The van der Waals surface area contributed by atoms with E-state index in [0.717, 1.165) is 31.2 Å². The molecule has 1 N–H and O–H groups in total. The first kappa shape index (κ1) is 16.1. The maximum Gasteiger partial charge on any atom is 0.161 e. The quantitative estimate of drug-likeness (QED) is 0.799. The number of nitrogens with one attached hydrogen (secondary N) is 1. The van der Waals surface area contributed by atoms with Gasteiger partial charge in [0, 0.05) is 12.6 Å². The third-order valence-electron chi connectivity index (χ3n) is 4.06. The van der Waals surface area contributed by atoms with Gasteiger partial charge in [-0.25, -0.2) is 0 Å². The van der Waals surface area contributed by atoms with Crippen molar-refractivity contribution >= 4 is 0 Å². The number of rotatable bonds is 8. The van der Waals surface area contributed by atoms with Crippen LogP contribution in [-0.2, 0) is 0 Å². The second-order valence-electron chi connectivity index (χ2n) is 5.59. The summed E-state index contributed by atoms with van der Waals surface area (Å²) in [6.45, 7) is 9.36. The predicted octanol–water partition coefficient (Wildman–Crippen LogP) is 2.84. The molecule has 0 aliphatic carbocycles. The molecule has 2 rings (SSSR count). The summed E-state index contributed by atoms with van der Waals surface area (Å²) in [4.78, 5) is 2.45. The summed E-state index contributed by atoms with van der Waals surface area (Å²) in [5.74, 6) is 1.66. The van der Waals surface area contributed by atoms with Crippen LogP contribution in [0.3, 0.4) is 0 Å². The predicted molar refractivity (Wildman–Crippen MR) is 86.3 cm³/mol. The van der Waals surface area contributed by atoms with Crippen LogP contribution in [-0.4, -0.2) is 44.8 Å². The van der Waals surface area contributed by atoms with Crippen molar-refractivity contribution < 1.29 is 9.47 Å². The number of nitrogens with zero attached hydrogens (tertiary/aromatic N) is 1. The molecule has 0 saturated carbocycles. The molecule has 1 aliphatic rings. The Labute approximate surface area is 128 Å². The van der Waals surface area contributed by atoms with Crippen molar-refractivity contribution in [2.24, 2.45) is 0 Å². The standard InChI is InChI=1S/C17H28N2O2/c1-4-18-14(2)15-7-8-16(17(13-15)20-3)21-12-11-19-9-5-6-10-19/h7-8,13-14,18H,4-6,9-12H2,1-3H3. The van der Waals surface area contributed by atoms with E-state index in [1.54, 1.807) is 7.11 Å².